The van der Waals surface area contributed by atoms with E-state index in [1.807, 2.05) is 133 Å². The molecule has 0 aliphatic carbocycles. The van der Waals surface area contributed by atoms with Crippen molar-refractivity contribution >= 4 is 55.6 Å². The van der Waals surface area contributed by atoms with E-state index >= 15 is 0 Å². The van der Waals surface area contributed by atoms with Gasteiger partial charge in [-0.2, -0.15) is 0 Å². The molecular formula is C46H30N4O4. The molecule has 0 amide bonds. The lowest BCUT2D eigenvalue weighted by molar-refractivity contribution is 0.0586. The lowest BCUT2D eigenvalue weighted by Gasteiger charge is -2.12. The molecule has 9 aromatic rings. The summed E-state index contributed by atoms with van der Waals surface area (Å²) in [7, 11) is 2.71. The van der Waals surface area contributed by atoms with E-state index in [1.54, 1.807) is 12.1 Å². The minimum absolute atomic E-state index is 0.219. The minimum atomic E-state index is -0.510. The van der Waals surface area contributed by atoms with E-state index in [2.05, 4.69) is 0 Å². The van der Waals surface area contributed by atoms with Gasteiger partial charge in [0.1, 0.15) is 11.4 Å². The molecule has 258 valence electrons. The van der Waals surface area contributed by atoms with Crippen molar-refractivity contribution in [3.63, 3.8) is 0 Å². The zero-order chi connectivity index (χ0) is 36.8. The zero-order valence-corrected chi connectivity index (χ0v) is 29.3. The van der Waals surface area contributed by atoms with E-state index in [1.165, 1.54) is 14.2 Å². The maximum absolute atomic E-state index is 12.7. The van der Waals surface area contributed by atoms with Gasteiger partial charge >= 0.3 is 11.9 Å². The summed E-state index contributed by atoms with van der Waals surface area (Å²) < 4.78 is 10.1. The summed E-state index contributed by atoms with van der Waals surface area (Å²) in [5.74, 6) is -1.02. The molecule has 0 bridgehead atoms. The Kier molecular flexibility index (Phi) is 8.05. The van der Waals surface area contributed by atoms with Gasteiger partial charge in [-0.1, -0.05) is 121 Å². The zero-order valence-electron chi connectivity index (χ0n) is 29.3. The number of pyridine rings is 4. The van der Waals surface area contributed by atoms with Gasteiger partial charge in [-0.15, -0.1) is 0 Å². The van der Waals surface area contributed by atoms with Crippen LogP contribution in [0.1, 0.15) is 21.0 Å². The first-order valence-electron chi connectivity index (χ1n) is 17.4. The molecule has 0 spiro atoms. The van der Waals surface area contributed by atoms with Crippen LogP contribution in [0.25, 0.3) is 88.4 Å². The standard InChI is InChI=1S/C46H30N4O4/c1-53-45(51)39-25-35(27-9-5-3-6-10-27)33-21-17-31-19-23-37(47-41(31)43(33)49-39)29-13-15-30(16-14-29)38-24-20-32-18-22-34-36(28-11-7-4-8-12-28)26-40(46(52)54-2)50-44(34)42(32)48-38/h3-26H,1-2H3. The van der Waals surface area contributed by atoms with Gasteiger partial charge in [0.05, 0.1) is 47.7 Å². The van der Waals surface area contributed by atoms with Crippen molar-refractivity contribution in [2.45, 2.75) is 0 Å². The number of methoxy groups -OCH3 is 2. The van der Waals surface area contributed by atoms with Gasteiger partial charge in [0.15, 0.2) is 0 Å². The van der Waals surface area contributed by atoms with E-state index in [0.717, 1.165) is 66.3 Å². The molecule has 0 fully saturated rings. The number of hydrogen-bond acceptors (Lipinski definition) is 8. The van der Waals surface area contributed by atoms with E-state index in [0.29, 0.717) is 22.1 Å². The van der Waals surface area contributed by atoms with Gasteiger partial charge in [0.2, 0.25) is 0 Å². The molecule has 0 aliphatic rings. The fraction of sp³-hybridized carbons (Fsp3) is 0.0435. The highest BCUT2D eigenvalue weighted by Crippen LogP contribution is 2.36. The smallest absolute Gasteiger partial charge is 0.356 e. The first-order valence-corrected chi connectivity index (χ1v) is 17.4. The topological polar surface area (TPSA) is 104 Å². The largest absolute Gasteiger partial charge is 0.464 e. The number of rotatable bonds is 6. The molecule has 8 nitrogen and oxygen atoms in total. The third-order valence-electron chi connectivity index (χ3n) is 9.71. The number of fused-ring (bicyclic) bond motifs is 6. The molecule has 5 aromatic carbocycles. The van der Waals surface area contributed by atoms with E-state index in [-0.39, 0.29) is 11.4 Å². The summed E-state index contributed by atoms with van der Waals surface area (Å²) in [6, 6.07) is 47.6. The summed E-state index contributed by atoms with van der Waals surface area (Å²) in [6.45, 7) is 0. The van der Waals surface area contributed by atoms with Gasteiger partial charge in [-0.05, 0) is 46.5 Å². The summed E-state index contributed by atoms with van der Waals surface area (Å²) in [5.41, 5.74) is 10.1. The van der Waals surface area contributed by atoms with Crippen molar-refractivity contribution in [3.05, 3.63) is 157 Å². The molecule has 4 aromatic heterocycles. The van der Waals surface area contributed by atoms with Crippen molar-refractivity contribution in [2.75, 3.05) is 14.2 Å². The quantitative estimate of drug-likeness (QED) is 0.125. The molecule has 0 saturated carbocycles. The fourth-order valence-corrected chi connectivity index (χ4v) is 7.01. The summed E-state index contributed by atoms with van der Waals surface area (Å²) in [6.07, 6.45) is 0. The number of carbonyl (C=O) groups is 2. The summed E-state index contributed by atoms with van der Waals surface area (Å²) in [4.78, 5) is 45.2. The van der Waals surface area contributed by atoms with Crippen LogP contribution in [0.5, 0.6) is 0 Å². The summed E-state index contributed by atoms with van der Waals surface area (Å²) >= 11 is 0. The lowest BCUT2D eigenvalue weighted by atomic mass is 9.98. The molecule has 0 atom stereocenters. The SMILES string of the molecule is COC(=O)c1cc(-c2ccccc2)c2ccc3ccc(-c4ccc(-c5ccc6ccc7c(-c8ccccc8)cc(C(=O)OC)nc7c6n5)cc4)nc3c2n1. The second kappa shape index (κ2) is 13.3. The fourth-order valence-electron chi connectivity index (χ4n) is 7.01. The number of carbonyl (C=O) groups excluding carboxylic acids is 2. The van der Waals surface area contributed by atoms with Crippen LogP contribution in [0.15, 0.2) is 146 Å². The van der Waals surface area contributed by atoms with Crippen molar-refractivity contribution < 1.29 is 19.1 Å². The second-order valence-corrected chi connectivity index (χ2v) is 12.9. The number of benzene rings is 5. The molecule has 0 aliphatic heterocycles. The predicted octanol–water partition coefficient (Wildman–Crippen LogP) is 10.1. The Morgan fingerprint density at radius 1 is 0.407 bits per heavy atom. The predicted molar refractivity (Wildman–Crippen MR) is 212 cm³/mol. The van der Waals surface area contributed by atoms with Crippen LogP contribution in [0.3, 0.4) is 0 Å². The van der Waals surface area contributed by atoms with Crippen molar-refractivity contribution in [1.29, 1.82) is 0 Å². The Morgan fingerprint density at radius 3 is 1.19 bits per heavy atom. The van der Waals surface area contributed by atoms with Crippen LogP contribution in [0, 0.1) is 0 Å². The molecular weight excluding hydrogens is 673 g/mol. The molecule has 0 saturated heterocycles. The van der Waals surface area contributed by atoms with Crippen molar-refractivity contribution in [2.24, 2.45) is 0 Å². The van der Waals surface area contributed by atoms with Gasteiger partial charge in [-0.25, -0.2) is 29.5 Å². The van der Waals surface area contributed by atoms with Gasteiger partial charge in [-0.3, -0.25) is 0 Å². The number of esters is 2. The third kappa shape index (κ3) is 5.66. The summed E-state index contributed by atoms with van der Waals surface area (Å²) in [5, 5.41) is 3.59. The van der Waals surface area contributed by atoms with E-state index in [9.17, 15) is 9.59 Å². The van der Waals surface area contributed by atoms with Crippen LogP contribution in [-0.2, 0) is 9.47 Å². The molecule has 0 N–H and O–H groups in total. The van der Waals surface area contributed by atoms with Gasteiger partial charge in [0, 0.05) is 32.7 Å². The Morgan fingerprint density at radius 2 is 0.796 bits per heavy atom. The minimum Gasteiger partial charge on any atom is -0.464 e. The van der Waals surface area contributed by atoms with Crippen LogP contribution in [-0.4, -0.2) is 46.1 Å². The van der Waals surface area contributed by atoms with Crippen LogP contribution < -0.4 is 0 Å². The normalized spacial score (nSPS) is 11.3. The Bertz CT molecular complexity index is 2730. The highest BCUT2D eigenvalue weighted by atomic mass is 16.5. The highest BCUT2D eigenvalue weighted by molar-refractivity contribution is 6.11. The number of nitrogens with zero attached hydrogens (tertiary/aromatic N) is 4. The average Bonchev–Trinajstić information content (AvgIpc) is 3.25. The highest BCUT2D eigenvalue weighted by Gasteiger charge is 2.19. The van der Waals surface area contributed by atoms with Crippen LogP contribution in [0.2, 0.25) is 0 Å². The Hall–Kier alpha value is -7.32. The molecule has 8 heteroatoms. The van der Waals surface area contributed by atoms with Crippen LogP contribution >= 0.6 is 0 Å². The molecule has 9 rings (SSSR count). The first kappa shape index (κ1) is 32.6. The Labute approximate surface area is 309 Å². The molecule has 4 heterocycles. The monoisotopic (exact) mass is 702 g/mol. The van der Waals surface area contributed by atoms with E-state index < -0.39 is 11.9 Å². The number of hydrogen-bond donors (Lipinski definition) is 0. The lowest BCUT2D eigenvalue weighted by Crippen LogP contribution is -2.05. The molecule has 0 unspecified atom stereocenters. The maximum Gasteiger partial charge on any atom is 0.356 e. The van der Waals surface area contributed by atoms with Crippen molar-refractivity contribution in [1.82, 2.24) is 19.9 Å². The second-order valence-electron chi connectivity index (χ2n) is 12.9. The molecule has 0 radical (unpaired) electrons. The number of ether oxygens (including phenoxy) is 2. The van der Waals surface area contributed by atoms with Gasteiger partial charge < -0.3 is 9.47 Å². The van der Waals surface area contributed by atoms with Gasteiger partial charge in [0.25, 0.3) is 0 Å². The van der Waals surface area contributed by atoms with Crippen LogP contribution in [0.4, 0.5) is 0 Å². The van der Waals surface area contributed by atoms with E-state index in [4.69, 9.17) is 29.4 Å². The van der Waals surface area contributed by atoms with Crippen molar-refractivity contribution in [3.8, 4) is 44.8 Å². The third-order valence-corrected chi connectivity index (χ3v) is 9.71. The number of aromatic nitrogens is 4. The first-order chi connectivity index (χ1) is 26.5. The average molecular weight is 703 g/mol. The Balaban J connectivity index is 1.14. The maximum atomic E-state index is 12.7. The molecule has 54 heavy (non-hydrogen) atoms.